The number of methoxy groups -OCH3 is 1. The van der Waals surface area contributed by atoms with Crippen LogP contribution in [0, 0.1) is 0 Å². The number of ether oxygens (including phenoxy) is 1. The second-order valence-corrected chi connectivity index (χ2v) is 6.48. The van der Waals surface area contributed by atoms with Crippen molar-refractivity contribution in [2.24, 2.45) is 0 Å². The summed E-state index contributed by atoms with van der Waals surface area (Å²) in [6, 6.07) is 1.52. The Labute approximate surface area is 138 Å². The van der Waals surface area contributed by atoms with Crippen molar-refractivity contribution in [3.63, 3.8) is 0 Å². The van der Waals surface area contributed by atoms with Gasteiger partial charge < -0.3 is 14.6 Å². The van der Waals surface area contributed by atoms with Crippen LogP contribution in [0.1, 0.15) is 31.9 Å². The standard InChI is InChI=1S/C15H21N3O4S/c1-10-5-3-4-6-18(10)13(20)9-23-15-16-11(7-12(19)17-15)8-14(21)22-2/h7,10H,3-6,8-9H2,1-2H3,(H,16,17,19)/t10-/m0/s1. The van der Waals surface area contributed by atoms with E-state index in [1.807, 2.05) is 4.90 Å². The Balaban J connectivity index is 1.98. The number of H-pyrrole nitrogens is 1. The van der Waals surface area contributed by atoms with E-state index in [0.29, 0.717) is 10.9 Å². The molecule has 1 saturated heterocycles. The molecule has 7 nitrogen and oxygen atoms in total. The van der Waals surface area contributed by atoms with Gasteiger partial charge in [-0.25, -0.2) is 4.98 Å². The molecule has 0 radical (unpaired) electrons. The molecular weight excluding hydrogens is 318 g/mol. The lowest BCUT2D eigenvalue weighted by Crippen LogP contribution is -2.43. The van der Waals surface area contributed by atoms with Gasteiger partial charge in [-0.1, -0.05) is 11.8 Å². The zero-order valence-corrected chi connectivity index (χ0v) is 14.1. The molecule has 1 aromatic heterocycles. The van der Waals surface area contributed by atoms with Crippen LogP contribution < -0.4 is 5.56 Å². The van der Waals surface area contributed by atoms with Crippen LogP contribution in [-0.4, -0.2) is 52.2 Å². The summed E-state index contributed by atoms with van der Waals surface area (Å²) >= 11 is 1.18. The van der Waals surface area contributed by atoms with E-state index < -0.39 is 5.97 Å². The lowest BCUT2D eigenvalue weighted by Gasteiger charge is -2.33. The summed E-state index contributed by atoms with van der Waals surface area (Å²) in [5.41, 5.74) is -0.0120. The Hall–Kier alpha value is -1.83. The number of hydrogen-bond acceptors (Lipinski definition) is 6. The number of carbonyl (C=O) groups is 2. The highest BCUT2D eigenvalue weighted by Crippen LogP contribution is 2.19. The van der Waals surface area contributed by atoms with E-state index >= 15 is 0 Å². The molecular formula is C15H21N3O4S. The van der Waals surface area contributed by atoms with E-state index in [4.69, 9.17) is 0 Å². The number of carbonyl (C=O) groups excluding carboxylic acids is 2. The number of aromatic nitrogens is 2. The number of rotatable bonds is 5. The first kappa shape index (κ1) is 17.5. The van der Waals surface area contributed by atoms with Crippen molar-refractivity contribution in [2.45, 2.75) is 43.8 Å². The number of nitrogens with zero attached hydrogens (tertiary/aromatic N) is 2. The summed E-state index contributed by atoms with van der Waals surface area (Å²) in [5.74, 6) is -0.199. The normalized spacial score (nSPS) is 17.8. The van der Waals surface area contributed by atoms with Crippen LogP contribution in [-0.2, 0) is 20.7 Å². The summed E-state index contributed by atoms with van der Waals surface area (Å²) in [5, 5.41) is 0.342. The summed E-state index contributed by atoms with van der Waals surface area (Å²) in [6.07, 6.45) is 3.15. The molecule has 1 aliphatic rings. The molecule has 1 aromatic rings. The molecule has 0 spiro atoms. The minimum Gasteiger partial charge on any atom is -0.469 e. The predicted octanol–water partition coefficient (Wildman–Crippen LogP) is 0.978. The van der Waals surface area contributed by atoms with E-state index in [1.165, 1.54) is 24.9 Å². The van der Waals surface area contributed by atoms with Gasteiger partial charge in [0.05, 0.1) is 25.0 Å². The van der Waals surface area contributed by atoms with Crippen molar-refractivity contribution in [3.8, 4) is 0 Å². The first-order valence-electron chi connectivity index (χ1n) is 7.59. The number of hydrogen-bond donors (Lipinski definition) is 1. The molecule has 0 unspecified atom stereocenters. The van der Waals surface area contributed by atoms with Crippen LogP contribution in [0.3, 0.4) is 0 Å². The molecule has 2 heterocycles. The second kappa shape index (κ2) is 8.14. The molecule has 0 saturated carbocycles. The van der Waals surface area contributed by atoms with Gasteiger partial charge in [-0.2, -0.15) is 0 Å². The molecule has 126 valence electrons. The maximum atomic E-state index is 12.3. The van der Waals surface area contributed by atoms with Gasteiger partial charge in [0, 0.05) is 18.7 Å². The first-order chi connectivity index (χ1) is 11.0. The Morgan fingerprint density at radius 1 is 1.48 bits per heavy atom. The van der Waals surface area contributed by atoms with Crippen molar-refractivity contribution in [2.75, 3.05) is 19.4 Å². The van der Waals surface area contributed by atoms with E-state index in [-0.39, 0.29) is 29.7 Å². The topological polar surface area (TPSA) is 92.4 Å². The number of nitrogens with one attached hydrogen (secondary N) is 1. The fraction of sp³-hybridized carbons (Fsp3) is 0.600. The molecule has 0 bridgehead atoms. The summed E-state index contributed by atoms with van der Waals surface area (Å²) in [6.45, 7) is 2.84. The Bertz CT molecular complexity index is 631. The van der Waals surface area contributed by atoms with Crippen molar-refractivity contribution in [1.82, 2.24) is 14.9 Å². The van der Waals surface area contributed by atoms with E-state index in [1.54, 1.807) is 0 Å². The van der Waals surface area contributed by atoms with Gasteiger partial charge in [-0.05, 0) is 26.2 Å². The number of esters is 1. The fourth-order valence-corrected chi connectivity index (χ4v) is 3.32. The number of likely N-dealkylation sites (tertiary alicyclic amines) is 1. The summed E-state index contributed by atoms with van der Waals surface area (Å²) in [4.78, 5) is 43.8. The third-order valence-corrected chi connectivity index (χ3v) is 4.64. The second-order valence-electron chi connectivity index (χ2n) is 5.52. The third-order valence-electron chi connectivity index (χ3n) is 3.78. The Morgan fingerprint density at radius 2 is 2.26 bits per heavy atom. The van der Waals surface area contributed by atoms with Gasteiger partial charge in [0.25, 0.3) is 5.56 Å². The predicted molar refractivity (Wildman–Crippen MR) is 86.3 cm³/mol. The third kappa shape index (κ3) is 5.09. The number of thioether (sulfide) groups is 1. The summed E-state index contributed by atoms with van der Waals surface area (Å²) in [7, 11) is 1.28. The molecule has 8 heteroatoms. The van der Waals surface area contributed by atoms with Crippen LogP contribution in [0.4, 0.5) is 0 Å². The fourth-order valence-electron chi connectivity index (χ4n) is 2.54. The number of piperidine rings is 1. The quantitative estimate of drug-likeness (QED) is 0.488. The monoisotopic (exact) mass is 339 g/mol. The van der Waals surface area contributed by atoms with Gasteiger partial charge in [0.1, 0.15) is 0 Å². The van der Waals surface area contributed by atoms with Crippen LogP contribution in [0.2, 0.25) is 0 Å². The van der Waals surface area contributed by atoms with E-state index in [0.717, 1.165) is 25.8 Å². The van der Waals surface area contributed by atoms with Gasteiger partial charge in [0.2, 0.25) is 5.91 Å². The zero-order chi connectivity index (χ0) is 16.8. The smallest absolute Gasteiger partial charge is 0.311 e. The Morgan fingerprint density at radius 3 is 2.96 bits per heavy atom. The minimum atomic E-state index is -0.461. The lowest BCUT2D eigenvalue weighted by atomic mass is 10.0. The molecule has 1 N–H and O–H groups in total. The number of aromatic amines is 1. The average Bonchev–Trinajstić information content (AvgIpc) is 2.52. The molecule has 0 aromatic carbocycles. The molecule has 1 aliphatic heterocycles. The maximum Gasteiger partial charge on any atom is 0.311 e. The highest BCUT2D eigenvalue weighted by molar-refractivity contribution is 7.99. The molecule has 2 rings (SSSR count). The molecule has 1 fully saturated rings. The highest BCUT2D eigenvalue weighted by Gasteiger charge is 2.23. The van der Waals surface area contributed by atoms with Crippen molar-refractivity contribution in [3.05, 3.63) is 22.1 Å². The van der Waals surface area contributed by atoms with Crippen LogP contribution in [0.5, 0.6) is 0 Å². The first-order valence-corrected chi connectivity index (χ1v) is 8.57. The van der Waals surface area contributed by atoms with Crippen LogP contribution in [0.15, 0.2) is 16.0 Å². The van der Waals surface area contributed by atoms with Crippen LogP contribution >= 0.6 is 11.8 Å². The van der Waals surface area contributed by atoms with Crippen molar-refractivity contribution >= 4 is 23.6 Å². The van der Waals surface area contributed by atoms with Crippen LogP contribution in [0.25, 0.3) is 0 Å². The van der Waals surface area contributed by atoms with Gasteiger partial charge >= 0.3 is 5.97 Å². The number of amides is 1. The van der Waals surface area contributed by atoms with Crippen molar-refractivity contribution < 1.29 is 14.3 Å². The average molecular weight is 339 g/mol. The molecule has 0 aliphatic carbocycles. The van der Waals surface area contributed by atoms with Gasteiger partial charge in [-0.3, -0.25) is 14.4 Å². The van der Waals surface area contributed by atoms with Gasteiger partial charge in [0.15, 0.2) is 5.16 Å². The van der Waals surface area contributed by atoms with Crippen molar-refractivity contribution in [1.29, 1.82) is 0 Å². The minimum absolute atomic E-state index is 0.0446. The summed E-state index contributed by atoms with van der Waals surface area (Å²) < 4.78 is 4.56. The largest absolute Gasteiger partial charge is 0.469 e. The van der Waals surface area contributed by atoms with E-state index in [2.05, 4.69) is 21.6 Å². The molecule has 23 heavy (non-hydrogen) atoms. The van der Waals surface area contributed by atoms with E-state index in [9.17, 15) is 14.4 Å². The highest BCUT2D eigenvalue weighted by atomic mass is 32.2. The lowest BCUT2D eigenvalue weighted by molar-refractivity contribution is -0.139. The molecule has 1 amide bonds. The SMILES string of the molecule is COC(=O)Cc1cc(=O)[nH]c(SCC(=O)N2CCCC[C@@H]2C)n1. The zero-order valence-electron chi connectivity index (χ0n) is 13.3. The Kier molecular flexibility index (Phi) is 6.20. The molecule has 1 atom stereocenters. The maximum absolute atomic E-state index is 12.3. The van der Waals surface area contributed by atoms with Gasteiger partial charge in [-0.15, -0.1) is 0 Å².